The first-order chi connectivity index (χ1) is 40.5. The lowest BCUT2D eigenvalue weighted by atomic mass is 10.1. The van der Waals surface area contributed by atoms with Gasteiger partial charge in [-0.25, -0.2) is 4.79 Å². The number of carboxylic acid groups (broad SMARTS) is 5. The molecule has 0 fully saturated rings. The normalized spacial score (nSPS) is 12.1. The van der Waals surface area contributed by atoms with Crippen molar-refractivity contribution in [3.05, 3.63) is 83.5 Å². The van der Waals surface area contributed by atoms with Crippen molar-refractivity contribution in [2.75, 3.05) is 51.5 Å². The minimum absolute atomic E-state index is 0.0334. The maximum atomic E-state index is 12.4. The van der Waals surface area contributed by atoms with Crippen molar-refractivity contribution < 1.29 is 102 Å². The van der Waals surface area contributed by atoms with Gasteiger partial charge in [0.15, 0.2) is 21.1 Å². The minimum atomic E-state index is -1.29. The van der Waals surface area contributed by atoms with Crippen LogP contribution in [0.4, 0.5) is 17.1 Å². The number of nitroso groups, excluding NO2 is 3. The smallest absolute Gasteiger partial charge is 0.327 e. The fourth-order valence-corrected chi connectivity index (χ4v) is 10.7. The Morgan fingerprint density at radius 1 is 0.494 bits per heavy atom. The number of primary amides is 3. The maximum Gasteiger partial charge on any atom is 0.327 e. The molecule has 0 aliphatic carbocycles. The molecule has 3 aromatic carbocycles. The monoisotopic (exact) mass is 1390 g/mol. The van der Waals surface area contributed by atoms with Crippen molar-refractivity contribution in [3.8, 4) is 0 Å². The summed E-state index contributed by atoms with van der Waals surface area (Å²) in [5.41, 5.74) is 27.2. The molecule has 0 bridgehead atoms. The number of hydrogen-bond acceptors (Lipinski definition) is 21. The quantitative estimate of drug-likeness (QED) is 0.0191. The van der Waals surface area contributed by atoms with E-state index in [4.69, 9.17) is 54.2 Å². The minimum Gasteiger partial charge on any atom is -0.480 e. The molecule has 0 saturated heterocycles. The van der Waals surface area contributed by atoms with E-state index in [0.717, 1.165) is 35.3 Å². The molecule has 8 amide bonds. The van der Waals surface area contributed by atoms with Gasteiger partial charge in [-0.2, -0.15) is 0 Å². The van der Waals surface area contributed by atoms with Crippen LogP contribution in [0.25, 0.3) is 0 Å². The van der Waals surface area contributed by atoms with Gasteiger partial charge in [0, 0.05) is 106 Å². The second kappa shape index (κ2) is 37.6. The van der Waals surface area contributed by atoms with Gasteiger partial charge in [-0.05, 0) is 65.8 Å². The summed E-state index contributed by atoms with van der Waals surface area (Å²) in [4.78, 5) is 185. The van der Waals surface area contributed by atoms with Crippen molar-refractivity contribution in [1.82, 2.24) is 26.6 Å². The fraction of sp³-hybridized carbons (Fsp3) is 0.367. The van der Waals surface area contributed by atoms with Crippen LogP contribution in [0.2, 0.25) is 0 Å². The number of rotatable bonds is 33. The molecule has 0 saturated carbocycles. The molecule has 3 aromatic rings. The van der Waals surface area contributed by atoms with E-state index < -0.39 is 120 Å². The fourth-order valence-electron chi connectivity index (χ4n) is 6.37. The molecule has 0 aliphatic heterocycles. The van der Waals surface area contributed by atoms with Crippen molar-refractivity contribution in [2.24, 2.45) is 28.7 Å². The highest BCUT2D eigenvalue weighted by Gasteiger charge is 2.29. The lowest BCUT2D eigenvalue weighted by Crippen LogP contribution is -2.49. The van der Waals surface area contributed by atoms with Gasteiger partial charge in [0.2, 0.25) is 47.3 Å². The van der Waals surface area contributed by atoms with E-state index in [2.05, 4.69) is 26.6 Å². The summed E-state index contributed by atoms with van der Waals surface area (Å²) in [6.07, 6.45) is -0.892. The lowest BCUT2D eigenvalue weighted by molar-refractivity contribution is -0.431. The second-order valence-corrected chi connectivity index (χ2v) is 22.0. The van der Waals surface area contributed by atoms with E-state index in [1.54, 1.807) is 0 Å². The number of carbonyl (C=O) groups is 13. The Balaban J connectivity index is 0.000000666. The van der Waals surface area contributed by atoms with Gasteiger partial charge in [0.05, 0.1) is 9.79 Å². The Labute approximate surface area is 519 Å². The highest BCUT2D eigenvalue weighted by atomic mass is 127. The maximum absolute atomic E-state index is 12.4. The van der Waals surface area contributed by atoms with Gasteiger partial charge in [0.1, 0.15) is 46.9 Å². The van der Waals surface area contributed by atoms with E-state index in [-0.39, 0.29) is 76.7 Å². The zero-order valence-electron chi connectivity index (χ0n) is 46.5. The molecule has 20 N–H and O–H groups in total. The van der Waals surface area contributed by atoms with Crippen LogP contribution in [0, 0.1) is 18.3 Å². The highest BCUT2D eigenvalue weighted by Crippen LogP contribution is 2.34. The molecule has 5 unspecified atom stereocenters. The molecule has 34 nitrogen and oxygen atoms in total. The Hall–Kier alpha value is -8.73. The Morgan fingerprint density at radius 2 is 0.839 bits per heavy atom. The molecule has 472 valence electrons. The van der Waals surface area contributed by atoms with Gasteiger partial charge in [-0.1, -0.05) is 0 Å². The van der Waals surface area contributed by atoms with Crippen molar-refractivity contribution >= 4 is 152 Å². The summed E-state index contributed by atoms with van der Waals surface area (Å²) in [5, 5.41) is 55.6. The SMILES string of the molecule is CC(=O)NC(CSc1ccc(C(N)=O)cc1[N+](C)=O)C(=O)O.C[N+](=O)c1cc(C(N)=O)cc(SCC(NC(=O)CCC(N)C(=O)O)C(=O)NCC(=O)O)c1I.C[N+](=O)c1cc(C(N)=O)ccc1SCC(NC(=O)CCC(N)C(=O)O)C(=O)NCC(=O)O. The second-order valence-electron chi connectivity index (χ2n) is 17.7. The van der Waals surface area contributed by atoms with Crippen molar-refractivity contribution in [1.29, 1.82) is 0 Å². The largest absolute Gasteiger partial charge is 0.480 e. The summed E-state index contributed by atoms with van der Waals surface area (Å²) in [6, 6.07) is 5.19. The van der Waals surface area contributed by atoms with Gasteiger partial charge in [-0.3, -0.25) is 57.5 Å². The number of aliphatic carboxylic acids is 5. The zero-order chi connectivity index (χ0) is 66.6. The number of thioether (sulfide) groups is 3. The van der Waals surface area contributed by atoms with Crippen LogP contribution in [0.1, 0.15) is 63.7 Å². The molecule has 0 aliphatic rings. The third-order valence-corrected chi connectivity index (χ3v) is 15.8. The Bertz CT molecular complexity index is 3170. The number of carbonyl (C=O) groups excluding carboxylic acids is 8. The summed E-state index contributed by atoms with van der Waals surface area (Å²) < 4.78 is 2.08. The van der Waals surface area contributed by atoms with Crippen LogP contribution in [0.5, 0.6) is 0 Å². The Morgan fingerprint density at radius 3 is 1.15 bits per heavy atom. The molecule has 5 atom stereocenters. The van der Waals surface area contributed by atoms with Crippen LogP contribution >= 0.6 is 57.9 Å². The van der Waals surface area contributed by atoms with Gasteiger partial charge in [0.25, 0.3) is 17.1 Å². The van der Waals surface area contributed by atoms with Crippen molar-refractivity contribution in [2.45, 2.75) is 77.5 Å². The number of hydrogen-bond donors (Lipinski definition) is 15. The Kier molecular flexibility index (Phi) is 33.0. The average Bonchev–Trinajstić information content (AvgIpc) is 3.36. The first-order valence-electron chi connectivity index (χ1n) is 24.6. The van der Waals surface area contributed by atoms with E-state index >= 15 is 0 Å². The number of benzene rings is 3. The molecular formula is C49H63IN13O21S3+3. The third-order valence-electron chi connectivity index (χ3n) is 10.8. The van der Waals surface area contributed by atoms with Crippen LogP contribution < -0.4 is 55.3 Å². The topological polar surface area (TPSA) is 574 Å². The van der Waals surface area contributed by atoms with Crippen molar-refractivity contribution in [3.63, 3.8) is 0 Å². The highest BCUT2D eigenvalue weighted by molar-refractivity contribution is 14.1. The van der Waals surface area contributed by atoms with E-state index in [0.29, 0.717) is 32.5 Å². The molecular weight excluding hydrogens is 1330 g/mol. The predicted octanol–water partition coefficient (Wildman–Crippen LogP) is -1.30. The first kappa shape index (κ1) is 76.3. The van der Waals surface area contributed by atoms with Gasteiger partial charge in [-0.15, -0.1) is 35.3 Å². The summed E-state index contributed by atoms with van der Waals surface area (Å²) >= 11 is 5.00. The number of halogens is 1. The molecule has 0 spiro atoms. The lowest BCUT2D eigenvalue weighted by Gasteiger charge is -2.18. The third kappa shape index (κ3) is 28.3. The molecule has 87 heavy (non-hydrogen) atoms. The first-order valence-corrected chi connectivity index (χ1v) is 28.7. The number of nitrogens with one attached hydrogen (secondary N) is 5. The van der Waals surface area contributed by atoms with E-state index in [1.165, 1.54) is 76.6 Å². The average molecular weight is 1390 g/mol. The van der Waals surface area contributed by atoms with Crippen LogP contribution in [-0.4, -0.2) is 199 Å². The number of amides is 8. The molecule has 3 rings (SSSR count). The van der Waals surface area contributed by atoms with Gasteiger partial charge < -0.3 is 80.8 Å². The predicted molar refractivity (Wildman–Crippen MR) is 317 cm³/mol. The van der Waals surface area contributed by atoms with E-state index in [1.807, 2.05) is 22.6 Å². The molecule has 38 heteroatoms. The molecule has 0 radical (unpaired) electrons. The standard InChI is InChI=1S/C18H22IN5O8S.C18H23N5O8S.C13H15N3O5S/c1-24(32)11-4-8(16(21)28)5-12(15(11)19)33-7-10(17(29)22-6-14(26)27)23-13(25)3-2-9(20)18(30)31;1-23(31)12-6-9(16(20)27)2-4-13(12)32-8-11(17(28)21-7-15(25)26)22-14(24)5-3-10(19)18(29)30;1-7(17)15-9(13(19)20)6-22-11-4-3-8(12(14)18)5-10(11)16(2)21/h4-5,9-10H,2-3,6-7,20H2,1H3,(H5-,21,22,23,25,26,27,28,29,30,31);2,4,6,10-11H,3,5,7-8,19H2,1H3,(H5-,20,21,22,24,25,26,27,28,29,30);3-5,9H,6H2,1-2H3,(H3-,14,15,17,18,19,20)/p+3. The van der Waals surface area contributed by atoms with Gasteiger partial charge >= 0.3 is 29.8 Å². The van der Waals surface area contributed by atoms with Crippen LogP contribution in [-0.2, 0) is 47.9 Å². The van der Waals surface area contributed by atoms with Crippen LogP contribution in [0.15, 0.2) is 63.2 Å². The number of nitrogens with zero attached hydrogens (tertiary/aromatic N) is 3. The van der Waals surface area contributed by atoms with Crippen LogP contribution in [0.3, 0.4) is 0 Å². The number of carboxylic acids is 5. The molecule has 0 aromatic heterocycles. The van der Waals surface area contributed by atoms with E-state index in [9.17, 15) is 77.1 Å². The summed E-state index contributed by atoms with van der Waals surface area (Å²) in [7, 11) is 3.70. The summed E-state index contributed by atoms with van der Waals surface area (Å²) in [6.45, 7) is -0.139. The summed E-state index contributed by atoms with van der Waals surface area (Å²) in [5.74, 6) is -12.0. The molecule has 0 heterocycles. The number of nitrogens with two attached hydrogens (primary N) is 5. The zero-order valence-corrected chi connectivity index (χ0v) is 51.1.